The van der Waals surface area contributed by atoms with E-state index in [0.717, 1.165) is 0 Å². The fraction of sp³-hybridized carbons (Fsp3) is 1.00. The van der Waals surface area contributed by atoms with E-state index in [-0.39, 0.29) is 81.8 Å². The van der Waals surface area contributed by atoms with E-state index in [9.17, 15) is 56.2 Å². The third-order valence-corrected chi connectivity index (χ3v) is 27.7. The molecule has 16 rings (SSSR count). The van der Waals surface area contributed by atoms with Gasteiger partial charge < -0.3 is 141 Å². The Morgan fingerprint density at radius 2 is 1.14 bits per heavy atom. The number of fused-ring (bicyclic) bond motifs is 5. The van der Waals surface area contributed by atoms with Gasteiger partial charge in [0.15, 0.2) is 11.6 Å². The van der Waals surface area contributed by atoms with Gasteiger partial charge in [-0.3, -0.25) is 0 Å². The van der Waals surface area contributed by atoms with Crippen molar-refractivity contribution in [2.45, 2.75) is 255 Å². The Labute approximate surface area is 578 Å². The number of hydrogen-bond acceptors (Lipinski definition) is 29. The Hall–Kier alpha value is -1.16. The van der Waals surface area contributed by atoms with Gasteiger partial charge in [0.1, 0.15) is 53.9 Å². The van der Waals surface area contributed by atoms with Gasteiger partial charge in [-0.05, 0) is 72.1 Å². The van der Waals surface area contributed by atoms with E-state index in [2.05, 4.69) is 0 Å². The molecule has 16 aliphatic rings. The van der Waals surface area contributed by atoms with Crippen LogP contribution in [0.25, 0.3) is 0 Å². The van der Waals surface area contributed by atoms with E-state index in [0.29, 0.717) is 118 Å². The molecule has 8 saturated carbocycles. The van der Waals surface area contributed by atoms with Gasteiger partial charge in [-0.1, -0.05) is 13.8 Å². The SMILES string of the molecule is CCOCCOCC12CC(OC)C3OC1C(OC14CC5(OCC)C6C(OC)C(C(COCC)O1)C6(O)C45)(C2)C(O)C3OCCO.CCOCCOCCOCC12CC(OC3C4C(O)CC5(OC67CC8(CO)CC(C)C(OC86)C(O)C7O)CC4(O)C3C(CO)O5)C3OC1C(C)(C2)C(O)C3O. The Morgan fingerprint density at radius 3 is 1.80 bits per heavy atom. The number of aliphatic hydroxyl groups excluding tert-OH is 9. The monoisotopic (exact) mass is 1420 g/mol. The maximum Gasteiger partial charge on any atom is 0.180 e. The normalized spacial score (nSPS) is 56.2. The van der Waals surface area contributed by atoms with Crippen LogP contribution in [0.4, 0.5) is 0 Å². The van der Waals surface area contributed by atoms with E-state index in [4.69, 9.17) is 85.3 Å². The molecule has 0 spiro atoms. The Kier molecular flexibility index (Phi) is 19.5. The highest BCUT2D eigenvalue weighted by Crippen LogP contribution is 2.84. The highest BCUT2D eigenvalue weighted by Gasteiger charge is 2.98. The molecule has 0 radical (unpaired) electrons. The van der Waals surface area contributed by atoms with Crippen LogP contribution in [0.2, 0.25) is 0 Å². The highest BCUT2D eigenvalue weighted by atomic mass is 16.8. The maximum absolute atomic E-state index is 12.4. The van der Waals surface area contributed by atoms with E-state index in [1.165, 1.54) is 0 Å². The van der Waals surface area contributed by atoms with Crippen LogP contribution in [0.1, 0.15) is 99.3 Å². The summed E-state index contributed by atoms with van der Waals surface area (Å²) in [4.78, 5) is 0. The number of methoxy groups -OCH3 is 2. The van der Waals surface area contributed by atoms with Crippen molar-refractivity contribution in [1.29, 1.82) is 0 Å². The first-order valence-electron chi connectivity index (χ1n) is 36.9. The molecule has 11 N–H and O–H groups in total. The topological polar surface area (TPSA) is 389 Å². The van der Waals surface area contributed by atoms with E-state index < -0.39 is 183 Å². The summed E-state index contributed by atoms with van der Waals surface area (Å²) in [5.74, 6) is -5.55. The summed E-state index contributed by atoms with van der Waals surface area (Å²) in [6.07, 6.45) is -12.4. The summed E-state index contributed by atoms with van der Waals surface area (Å²) < 4.78 is 113. The molecule has 36 unspecified atom stereocenters. The molecule has 0 aromatic heterocycles. The molecule has 99 heavy (non-hydrogen) atoms. The van der Waals surface area contributed by atoms with Crippen LogP contribution >= 0.6 is 0 Å². The van der Waals surface area contributed by atoms with E-state index in [1.54, 1.807) is 14.2 Å². The zero-order valence-electron chi connectivity index (χ0n) is 58.6. The second-order valence-corrected chi connectivity index (χ2v) is 32.8. The average Bonchev–Trinajstić information content (AvgIpc) is 0.601. The molecular weight excluding hydrogens is 1300 g/mol. The second-order valence-electron chi connectivity index (χ2n) is 32.8. The lowest BCUT2D eigenvalue weighted by Gasteiger charge is -2.89. The summed E-state index contributed by atoms with van der Waals surface area (Å²) in [5, 5.41) is 125. The third-order valence-electron chi connectivity index (χ3n) is 27.7. The van der Waals surface area contributed by atoms with Crippen molar-refractivity contribution in [2.75, 3.05) is 127 Å². The van der Waals surface area contributed by atoms with Gasteiger partial charge in [-0.25, -0.2) is 0 Å². The smallest absolute Gasteiger partial charge is 0.180 e. The molecule has 29 nitrogen and oxygen atoms in total. The van der Waals surface area contributed by atoms with Crippen LogP contribution in [0.5, 0.6) is 0 Å². The Bertz CT molecular complexity index is 2870. The molecule has 0 aromatic carbocycles. The molecule has 8 saturated heterocycles. The number of hydrogen-bond donors (Lipinski definition) is 11. The number of ether oxygens (including phenoxy) is 18. The summed E-state index contributed by atoms with van der Waals surface area (Å²) in [6, 6.07) is 0. The molecule has 0 aromatic rings. The molecule has 0 amide bonds. The molecule has 8 heterocycles. The molecular formula is C70H112O29. The van der Waals surface area contributed by atoms with Gasteiger partial charge >= 0.3 is 0 Å². The van der Waals surface area contributed by atoms with Gasteiger partial charge in [0.05, 0.1) is 182 Å². The van der Waals surface area contributed by atoms with Crippen molar-refractivity contribution in [1.82, 2.24) is 0 Å². The first kappa shape index (κ1) is 73.4. The number of aliphatic hydroxyl groups is 11. The molecule has 566 valence electrons. The van der Waals surface area contributed by atoms with Gasteiger partial charge in [0.25, 0.3) is 0 Å². The average molecular weight is 1420 g/mol. The first-order valence-corrected chi connectivity index (χ1v) is 36.9. The summed E-state index contributed by atoms with van der Waals surface area (Å²) in [5.41, 5.74) is -8.37. The van der Waals surface area contributed by atoms with Crippen molar-refractivity contribution in [3.05, 3.63) is 0 Å². The van der Waals surface area contributed by atoms with E-state index >= 15 is 0 Å². The fourth-order valence-electron chi connectivity index (χ4n) is 24.6. The predicted octanol–water partition coefficient (Wildman–Crippen LogP) is -1.97. The Morgan fingerprint density at radius 1 is 0.515 bits per heavy atom. The summed E-state index contributed by atoms with van der Waals surface area (Å²) >= 11 is 0. The quantitative estimate of drug-likeness (QED) is 0.0317. The lowest BCUT2D eigenvalue weighted by molar-refractivity contribution is -0.595. The third kappa shape index (κ3) is 10.2. The lowest BCUT2D eigenvalue weighted by atomic mass is 9.26. The predicted molar refractivity (Wildman–Crippen MR) is 336 cm³/mol. The first-order chi connectivity index (χ1) is 47.4. The lowest BCUT2D eigenvalue weighted by Crippen LogP contribution is -3.03. The molecule has 16 fully saturated rings. The maximum atomic E-state index is 12.4. The summed E-state index contributed by atoms with van der Waals surface area (Å²) in [7, 11) is 3.31. The largest absolute Gasteiger partial charge is 0.396 e. The number of rotatable bonds is 33. The minimum Gasteiger partial charge on any atom is -0.396 e. The fourth-order valence-corrected chi connectivity index (χ4v) is 24.6. The molecule has 8 bridgehead atoms. The Balaban J connectivity index is 0.000000164. The second kappa shape index (κ2) is 26.3. The van der Waals surface area contributed by atoms with Crippen LogP contribution < -0.4 is 0 Å². The molecule has 29 heteroatoms. The van der Waals surface area contributed by atoms with Gasteiger partial charge in [-0.2, -0.15) is 0 Å². The molecule has 8 aliphatic carbocycles. The van der Waals surface area contributed by atoms with Gasteiger partial charge in [0, 0.05) is 105 Å². The van der Waals surface area contributed by atoms with Crippen molar-refractivity contribution in [2.24, 2.45) is 57.2 Å². The van der Waals surface area contributed by atoms with Crippen LogP contribution in [0.3, 0.4) is 0 Å². The van der Waals surface area contributed by atoms with Crippen LogP contribution in [-0.2, 0) is 85.3 Å². The highest BCUT2D eigenvalue weighted by molar-refractivity contribution is 5.44. The zero-order valence-corrected chi connectivity index (χ0v) is 58.6. The standard InChI is InChI=1S/C38H60O16.C32H52O13/c1-4-47-5-6-48-7-8-49-17-35-11-20(27-25(43)29(44)33(3,13-35)31(35)52-27)50-28-22-19(41)10-36(15-37(22,46)23(28)21(12-39)53-36)54-38-14-34(16-40)9-18(2)26(51-32(34)38)24(42)30(38)45;1-6-38-11-12-40-17-28-13-18(36-4)21-23(41-10-9-33)25(34)30(15-28,27(28)43-21)45-31-16-29(42-8-3)24-22(37-5)20(32(24,35)26(29)31)19(44-31)14-39-7-2/h18-32,39-46H,4-17H2,1-3H3;18-27,33-35H,6-17H2,1-5H3. The van der Waals surface area contributed by atoms with Crippen molar-refractivity contribution >= 4 is 0 Å². The zero-order chi connectivity index (χ0) is 70.0. The molecule has 8 aliphatic heterocycles. The van der Waals surface area contributed by atoms with Crippen LogP contribution in [0, 0.1) is 57.2 Å². The van der Waals surface area contributed by atoms with Crippen LogP contribution in [-0.4, -0.2) is 338 Å². The van der Waals surface area contributed by atoms with E-state index in [1.807, 2.05) is 41.5 Å². The van der Waals surface area contributed by atoms with Crippen molar-refractivity contribution in [3.63, 3.8) is 0 Å². The van der Waals surface area contributed by atoms with Crippen molar-refractivity contribution < 1.29 is 141 Å². The van der Waals surface area contributed by atoms with Gasteiger partial charge in [0.2, 0.25) is 0 Å². The van der Waals surface area contributed by atoms with Crippen molar-refractivity contribution in [3.8, 4) is 0 Å². The summed E-state index contributed by atoms with van der Waals surface area (Å²) in [6.45, 7) is 16.6. The minimum atomic E-state index is -1.64. The minimum absolute atomic E-state index is 0.0279. The van der Waals surface area contributed by atoms with Gasteiger partial charge in [-0.15, -0.1) is 0 Å². The van der Waals surface area contributed by atoms with Crippen LogP contribution in [0.15, 0.2) is 0 Å². The molecule has 36 atom stereocenters.